The number of aryl methyl sites for hydroxylation is 2. The van der Waals surface area contributed by atoms with Gasteiger partial charge in [0.1, 0.15) is 0 Å². The van der Waals surface area contributed by atoms with E-state index in [9.17, 15) is 5.11 Å². The lowest BCUT2D eigenvalue weighted by Gasteiger charge is -2.17. The molecule has 0 aliphatic heterocycles. The summed E-state index contributed by atoms with van der Waals surface area (Å²) in [6.07, 6.45) is 0.0968. The lowest BCUT2D eigenvalue weighted by atomic mass is 10.0. The molecule has 1 aromatic rings. The molecule has 0 amide bonds. The molecule has 2 heteroatoms. The first kappa shape index (κ1) is 12.2. The Morgan fingerprint density at radius 2 is 1.93 bits per heavy atom. The first-order chi connectivity index (χ1) is 7.04. The van der Waals surface area contributed by atoms with Gasteiger partial charge >= 0.3 is 0 Å². The normalized spacial score (nSPS) is 15.0. The maximum atomic E-state index is 9.81. The van der Waals surface area contributed by atoms with Crippen molar-refractivity contribution in [2.75, 3.05) is 7.11 Å². The smallest absolute Gasteiger partial charge is 0.0839 e. The molecular weight excluding hydrogens is 188 g/mol. The maximum Gasteiger partial charge on any atom is 0.0839 e. The third kappa shape index (κ3) is 3.33. The molecule has 2 atom stereocenters. The quantitative estimate of drug-likeness (QED) is 0.822. The zero-order chi connectivity index (χ0) is 11.4. The number of ether oxygens (including phenoxy) is 1. The van der Waals surface area contributed by atoms with Crippen molar-refractivity contribution in [1.29, 1.82) is 0 Å². The fourth-order valence-corrected chi connectivity index (χ4v) is 1.50. The van der Waals surface area contributed by atoms with Crippen molar-refractivity contribution in [2.24, 2.45) is 0 Å². The lowest BCUT2D eigenvalue weighted by Crippen LogP contribution is -2.26. The van der Waals surface area contributed by atoms with E-state index in [-0.39, 0.29) is 6.10 Å². The first-order valence-electron chi connectivity index (χ1n) is 5.31. The number of hydrogen-bond donors (Lipinski definition) is 1. The Kier molecular flexibility index (Phi) is 4.30. The van der Waals surface area contributed by atoms with E-state index in [0.717, 1.165) is 5.56 Å². The van der Waals surface area contributed by atoms with Crippen LogP contribution in [0.25, 0.3) is 0 Å². The van der Waals surface area contributed by atoms with Crippen LogP contribution < -0.4 is 0 Å². The monoisotopic (exact) mass is 208 g/mol. The molecule has 2 nitrogen and oxygen atoms in total. The van der Waals surface area contributed by atoms with Gasteiger partial charge in [0.05, 0.1) is 12.2 Å². The molecule has 0 aliphatic carbocycles. The Balaban J connectivity index is 2.68. The second-order valence-corrected chi connectivity index (χ2v) is 4.13. The molecule has 1 aromatic carbocycles. The summed E-state index contributed by atoms with van der Waals surface area (Å²) in [5, 5.41) is 9.81. The summed E-state index contributed by atoms with van der Waals surface area (Å²) in [7, 11) is 1.62. The van der Waals surface area contributed by atoms with Gasteiger partial charge < -0.3 is 9.84 Å². The summed E-state index contributed by atoms with van der Waals surface area (Å²) < 4.78 is 5.09. The topological polar surface area (TPSA) is 29.5 Å². The third-order valence-electron chi connectivity index (χ3n) is 2.93. The van der Waals surface area contributed by atoms with Gasteiger partial charge in [-0.05, 0) is 37.5 Å². The minimum absolute atomic E-state index is 0.119. The summed E-state index contributed by atoms with van der Waals surface area (Å²) in [6, 6.07) is 6.28. The van der Waals surface area contributed by atoms with Gasteiger partial charge in [-0.1, -0.05) is 18.2 Å². The molecule has 15 heavy (non-hydrogen) atoms. The van der Waals surface area contributed by atoms with E-state index in [0.29, 0.717) is 6.42 Å². The molecule has 0 spiro atoms. The molecule has 1 rings (SSSR count). The van der Waals surface area contributed by atoms with Crippen LogP contribution >= 0.6 is 0 Å². The van der Waals surface area contributed by atoms with Crippen LogP contribution in [0.3, 0.4) is 0 Å². The van der Waals surface area contributed by atoms with Crippen molar-refractivity contribution in [3.63, 3.8) is 0 Å². The number of hydrogen-bond acceptors (Lipinski definition) is 2. The van der Waals surface area contributed by atoms with E-state index in [4.69, 9.17) is 4.74 Å². The highest BCUT2D eigenvalue weighted by Crippen LogP contribution is 2.13. The fraction of sp³-hybridized carbons (Fsp3) is 0.538. The maximum absolute atomic E-state index is 9.81. The largest absolute Gasteiger partial charge is 0.390 e. The summed E-state index contributed by atoms with van der Waals surface area (Å²) in [4.78, 5) is 0. The van der Waals surface area contributed by atoms with Crippen LogP contribution in [0, 0.1) is 13.8 Å². The molecule has 0 heterocycles. The van der Waals surface area contributed by atoms with Crippen molar-refractivity contribution in [3.05, 3.63) is 34.9 Å². The van der Waals surface area contributed by atoms with Gasteiger partial charge in [-0.25, -0.2) is 0 Å². The Hall–Kier alpha value is -0.860. The Labute approximate surface area is 91.9 Å². The van der Waals surface area contributed by atoms with Crippen LogP contribution in [-0.4, -0.2) is 24.4 Å². The van der Waals surface area contributed by atoms with Crippen molar-refractivity contribution in [1.82, 2.24) is 0 Å². The van der Waals surface area contributed by atoms with E-state index in [1.165, 1.54) is 11.1 Å². The average molecular weight is 208 g/mol. The van der Waals surface area contributed by atoms with Gasteiger partial charge in [-0.3, -0.25) is 0 Å². The number of rotatable bonds is 4. The molecule has 0 saturated carbocycles. The van der Waals surface area contributed by atoms with Crippen LogP contribution in [0.4, 0.5) is 0 Å². The second-order valence-electron chi connectivity index (χ2n) is 4.13. The number of methoxy groups -OCH3 is 1. The number of aliphatic hydroxyl groups is 1. The molecule has 0 bridgehead atoms. The lowest BCUT2D eigenvalue weighted by molar-refractivity contribution is 0.000402. The molecular formula is C13H20O2. The predicted octanol–water partition coefficient (Wildman–Crippen LogP) is 2.24. The third-order valence-corrected chi connectivity index (χ3v) is 2.93. The Morgan fingerprint density at radius 1 is 1.27 bits per heavy atom. The molecule has 2 unspecified atom stereocenters. The molecule has 0 saturated heterocycles. The van der Waals surface area contributed by atoms with Crippen LogP contribution in [0.1, 0.15) is 23.6 Å². The zero-order valence-corrected chi connectivity index (χ0v) is 9.95. The van der Waals surface area contributed by atoms with Crippen LogP contribution in [0.2, 0.25) is 0 Å². The molecule has 0 aliphatic rings. The highest BCUT2D eigenvalue weighted by Gasteiger charge is 2.13. The number of aliphatic hydroxyl groups excluding tert-OH is 1. The van der Waals surface area contributed by atoms with Gasteiger partial charge in [0, 0.05) is 13.5 Å². The molecule has 84 valence electrons. The Bertz CT molecular complexity index is 320. The van der Waals surface area contributed by atoms with E-state index < -0.39 is 6.10 Å². The van der Waals surface area contributed by atoms with Gasteiger partial charge in [0.15, 0.2) is 0 Å². The van der Waals surface area contributed by atoms with Crippen LogP contribution in [0.5, 0.6) is 0 Å². The van der Waals surface area contributed by atoms with Crippen molar-refractivity contribution in [3.8, 4) is 0 Å². The highest BCUT2D eigenvalue weighted by molar-refractivity contribution is 5.30. The van der Waals surface area contributed by atoms with E-state index >= 15 is 0 Å². The van der Waals surface area contributed by atoms with Gasteiger partial charge in [0.2, 0.25) is 0 Å². The second kappa shape index (κ2) is 5.29. The minimum atomic E-state index is -0.433. The van der Waals surface area contributed by atoms with E-state index in [1.54, 1.807) is 7.11 Å². The van der Waals surface area contributed by atoms with Crippen molar-refractivity contribution < 1.29 is 9.84 Å². The number of benzene rings is 1. The predicted molar refractivity (Wildman–Crippen MR) is 62.1 cm³/mol. The minimum Gasteiger partial charge on any atom is -0.390 e. The highest BCUT2D eigenvalue weighted by atomic mass is 16.5. The SMILES string of the molecule is COC(C)C(O)Cc1ccc(C)c(C)c1. The van der Waals surface area contributed by atoms with Gasteiger partial charge in [0.25, 0.3) is 0 Å². The molecule has 0 radical (unpaired) electrons. The van der Waals surface area contributed by atoms with Crippen LogP contribution in [-0.2, 0) is 11.2 Å². The molecule has 0 fully saturated rings. The van der Waals surface area contributed by atoms with Crippen LogP contribution in [0.15, 0.2) is 18.2 Å². The fourth-order valence-electron chi connectivity index (χ4n) is 1.50. The standard InChI is InChI=1S/C13H20O2/c1-9-5-6-12(7-10(9)2)8-13(14)11(3)15-4/h5-7,11,13-14H,8H2,1-4H3. The average Bonchev–Trinajstić information content (AvgIpc) is 2.22. The molecule has 1 N–H and O–H groups in total. The van der Waals surface area contributed by atoms with Crippen molar-refractivity contribution >= 4 is 0 Å². The van der Waals surface area contributed by atoms with E-state index in [2.05, 4.69) is 32.0 Å². The van der Waals surface area contributed by atoms with Gasteiger partial charge in [-0.15, -0.1) is 0 Å². The molecule has 0 aromatic heterocycles. The van der Waals surface area contributed by atoms with E-state index in [1.807, 2.05) is 6.92 Å². The summed E-state index contributed by atoms with van der Waals surface area (Å²) in [5.74, 6) is 0. The first-order valence-corrected chi connectivity index (χ1v) is 5.31. The van der Waals surface area contributed by atoms with Gasteiger partial charge in [-0.2, -0.15) is 0 Å². The zero-order valence-electron chi connectivity index (χ0n) is 9.95. The Morgan fingerprint density at radius 3 is 2.47 bits per heavy atom. The summed E-state index contributed by atoms with van der Waals surface area (Å²) in [6.45, 7) is 6.06. The summed E-state index contributed by atoms with van der Waals surface area (Å²) in [5.41, 5.74) is 3.72. The van der Waals surface area contributed by atoms with Crippen molar-refractivity contribution in [2.45, 2.75) is 39.4 Å². The summed E-state index contributed by atoms with van der Waals surface area (Å²) >= 11 is 0.